The second-order valence-corrected chi connectivity index (χ2v) is 3.78. The normalized spacial score (nSPS) is 11.3. The molecule has 1 aromatic heterocycles. The molecule has 1 N–H and O–H groups in total. The third kappa shape index (κ3) is 2.77. The summed E-state index contributed by atoms with van der Waals surface area (Å²) >= 11 is 0. The van der Waals surface area contributed by atoms with Gasteiger partial charge in [-0.15, -0.1) is 5.10 Å². The number of rotatable bonds is 0. The summed E-state index contributed by atoms with van der Waals surface area (Å²) in [5.41, 5.74) is -0.327. The van der Waals surface area contributed by atoms with Crippen LogP contribution in [0.2, 0.25) is 0 Å². The number of carbonyl (C=O) groups excluding carboxylic acids is 1. The van der Waals surface area contributed by atoms with E-state index in [1.54, 1.807) is 0 Å². The van der Waals surface area contributed by atoms with Crippen molar-refractivity contribution in [3.63, 3.8) is 0 Å². The van der Waals surface area contributed by atoms with Crippen LogP contribution in [0.3, 0.4) is 0 Å². The van der Waals surface area contributed by atoms with Gasteiger partial charge in [-0.25, -0.2) is 4.79 Å². The van der Waals surface area contributed by atoms with Crippen LogP contribution in [-0.4, -0.2) is 21.4 Å². The molecule has 0 atom stereocenters. The Morgan fingerprint density at radius 1 is 1.54 bits per heavy atom. The molecule has 0 spiro atoms. The number of aromatic nitrogens is 2. The molecule has 1 heterocycles. The maximum Gasteiger partial charge on any atom is 0.342 e. The molecule has 0 aliphatic heterocycles. The Morgan fingerprint density at radius 2 is 2.15 bits per heavy atom. The largest absolute Gasteiger partial charge is 0.342 e. The Balaban J connectivity index is 2.70. The molecule has 0 saturated carbocycles. The maximum atomic E-state index is 11.3. The van der Waals surface area contributed by atoms with Gasteiger partial charge in [0.1, 0.15) is 0 Å². The molecule has 1 aromatic rings. The summed E-state index contributed by atoms with van der Waals surface area (Å²) < 4.78 is 0.994. The van der Waals surface area contributed by atoms with Crippen LogP contribution < -0.4 is 5.32 Å². The summed E-state index contributed by atoms with van der Waals surface area (Å²) in [6.45, 7) is 5.56. The summed E-state index contributed by atoms with van der Waals surface area (Å²) in [6.07, 6.45) is 1.34. The van der Waals surface area contributed by atoms with E-state index in [1.165, 1.54) is 12.3 Å². The lowest BCUT2D eigenvalue weighted by Gasteiger charge is -2.19. The first kappa shape index (κ1) is 9.57. The highest BCUT2D eigenvalue weighted by Crippen LogP contribution is 2.04. The Bertz CT molecular complexity index is 311. The minimum Gasteiger partial charge on any atom is -0.332 e. The van der Waals surface area contributed by atoms with Crippen molar-refractivity contribution in [1.29, 1.82) is 0 Å². The Kier molecular flexibility index (Phi) is 2.27. The molecule has 1 radical (unpaired) electrons. The number of hydrogen-bond acceptors (Lipinski definition) is 2. The van der Waals surface area contributed by atoms with Gasteiger partial charge in [-0.3, -0.25) is 5.11 Å². The lowest BCUT2D eigenvalue weighted by atomic mass is 10.1. The number of hydrogen-bond donors (Lipinski definition) is 1. The smallest absolute Gasteiger partial charge is 0.332 e. The number of amides is 1. The second kappa shape index (κ2) is 3.08. The summed E-state index contributed by atoms with van der Waals surface area (Å²) in [6, 6.07) is 0.844. The zero-order valence-corrected chi connectivity index (χ0v) is 7.87. The monoisotopic (exact) mass is 182 g/mol. The van der Waals surface area contributed by atoms with Crippen molar-refractivity contribution >= 4 is 6.03 Å². The first-order chi connectivity index (χ1) is 5.88. The van der Waals surface area contributed by atoms with E-state index in [1.807, 2.05) is 20.8 Å². The fourth-order valence-electron chi connectivity index (χ4n) is 0.798. The van der Waals surface area contributed by atoms with Crippen LogP contribution in [-0.2, 0) is 5.11 Å². The average Bonchev–Trinajstić information content (AvgIpc) is 2.31. The highest BCUT2D eigenvalue weighted by Gasteiger charge is 2.15. The molecule has 5 heteroatoms. The third-order valence-corrected chi connectivity index (χ3v) is 1.25. The molecular weight excluding hydrogens is 170 g/mol. The third-order valence-electron chi connectivity index (χ3n) is 1.25. The van der Waals surface area contributed by atoms with Crippen molar-refractivity contribution in [2.45, 2.75) is 26.3 Å². The van der Waals surface area contributed by atoms with Crippen LogP contribution in [0.15, 0.2) is 12.3 Å². The molecule has 0 aromatic carbocycles. The molecule has 0 aliphatic rings. The lowest BCUT2D eigenvalue weighted by molar-refractivity contribution is 0.229. The van der Waals surface area contributed by atoms with Crippen LogP contribution in [0.5, 0.6) is 5.88 Å². The SMILES string of the molecule is CC(C)(C)NC(=O)n1ccc([O])n1. The maximum absolute atomic E-state index is 11.3. The average molecular weight is 182 g/mol. The summed E-state index contributed by atoms with van der Waals surface area (Å²) in [4.78, 5) is 11.3. The molecule has 0 bridgehead atoms. The number of carbonyl (C=O) groups is 1. The van der Waals surface area contributed by atoms with Crippen LogP contribution in [0.1, 0.15) is 20.8 Å². The zero-order chi connectivity index (χ0) is 10.1. The fraction of sp³-hybridized carbons (Fsp3) is 0.500. The summed E-state index contributed by atoms with van der Waals surface area (Å²) in [5.74, 6) is -0.413. The van der Waals surface area contributed by atoms with Crippen molar-refractivity contribution in [3.05, 3.63) is 12.3 Å². The van der Waals surface area contributed by atoms with Gasteiger partial charge < -0.3 is 5.32 Å². The van der Waals surface area contributed by atoms with Gasteiger partial charge in [0, 0.05) is 17.8 Å². The molecule has 0 fully saturated rings. The Morgan fingerprint density at radius 3 is 2.54 bits per heavy atom. The zero-order valence-electron chi connectivity index (χ0n) is 7.87. The van der Waals surface area contributed by atoms with Crippen molar-refractivity contribution in [1.82, 2.24) is 15.1 Å². The molecular formula is C8H12N3O2. The van der Waals surface area contributed by atoms with Gasteiger partial charge in [-0.1, -0.05) is 0 Å². The first-order valence-corrected chi connectivity index (χ1v) is 3.94. The second-order valence-electron chi connectivity index (χ2n) is 3.78. The Hall–Kier alpha value is -1.52. The van der Waals surface area contributed by atoms with Gasteiger partial charge in [0.2, 0.25) is 0 Å². The minimum atomic E-state index is -0.413. The highest BCUT2D eigenvalue weighted by atomic mass is 16.3. The van der Waals surface area contributed by atoms with E-state index < -0.39 is 11.9 Å². The standard InChI is InChI=1S/C8H12N3O2/c1-8(2,3)9-7(13)11-5-4-6(12)10-11/h4-5H,1-3H3,(H,9,13). The number of nitrogens with one attached hydrogen (secondary N) is 1. The summed E-state index contributed by atoms with van der Waals surface area (Å²) in [7, 11) is 0. The van der Waals surface area contributed by atoms with Crippen molar-refractivity contribution in [2.24, 2.45) is 0 Å². The Labute approximate surface area is 76.4 Å². The molecule has 0 aliphatic carbocycles. The van der Waals surface area contributed by atoms with Gasteiger partial charge >= 0.3 is 6.03 Å². The van der Waals surface area contributed by atoms with Crippen LogP contribution in [0, 0.1) is 0 Å². The molecule has 1 amide bonds. The molecule has 0 unspecified atom stereocenters. The fourth-order valence-corrected chi connectivity index (χ4v) is 0.798. The van der Waals surface area contributed by atoms with Gasteiger partial charge in [0.05, 0.1) is 0 Å². The van der Waals surface area contributed by atoms with Crippen LogP contribution in [0.4, 0.5) is 4.79 Å². The van der Waals surface area contributed by atoms with Gasteiger partial charge in [0.15, 0.2) is 0 Å². The van der Waals surface area contributed by atoms with Crippen molar-refractivity contribution < 1.29 is 9.90 Å². The minimum absolute atomic E-state index is 0.327. The van der Waals surface area contributed by atoms with E-state index in [9.17, 15) is 9.90 Å². The molecule has 5 nitrogen and oxygen atoms in total. The lowest BCUT2D eigenvalue weighted by Crippen LogP contribution is -2.43. The molecule has 0 saturated heterocycles. The predicted octanol–water partition coefficient (Wildman–Crippen LogP) is 1.38. The van der Waals surface area contributed by atoms with Gasteiger partial charge in [-0.2, -0.15) is 4.68 Å². The number of nitrogens with zero attached hydrogens (tertiary/aromatic N) is 2. The van der Waals surface area contributed by atoms with Crippen LogP contribution in [0.25, 0.3) is 0 Å². The van der Waals surface area contributed by atoms with Crippen LogP contribution >= 0.6 is 0 Å². The molecule has 13 heavy (non-hydrogen) atoms. The quantitative estimate of drug-likeness (QED) is 0.658. The van der Waals surface area contributed by atoms with E-state index in [2.05, 4.69) is 10.4 Å². The first-order valence-electron chi connectivity index (χ1n) is 3.94. The van der Waals surface area contributed by atoms with E-state index in [-0.39, 0.29) is 5.54 Å². The summed E-state index contributed by atoms with van der Waals surface area (Å²) in [5, 5.41) is 16.8. The predicted molar refractivity (Wildman–Crippen MR) is 46.0 cm³/mol. The van der Waals surface area contributed by atoms with Crippen molar-refractivity contribution in [2.75, 3.05) is 0 Å². The van der Waals surface area contributed by atoms with E-state index in [0.717, 1.165) is 4.68 Å². The van der Waals surface area contributed by atoms with Gasteiger partial charge in [0.25, 0.3) is 5.88 Å². The van der Waals surface area contributed by atoms with E-state index in [4.69, 9.17) is 0 Å². The van der Waals surface area contributed by atoms with E-state index in [0.29, 0.717) is 0 Å². The highest BCUT2D eigenvalue weighted by molar-refractivity contribution is 5.76. The topological polar surface area (TPSA) is 66.8 Å². The van der Waals surface area contributed by atoms with Gasteiger partial charge in [-0.05, 0) is 20.8 Å². The molecule has 1 rings (SSSR count). The van der Waals surface area contributed by atoms with E-state index >= 15 is 0 Å². The van der Waals surface area contributed by atoms with Crippen molar-refractivity contribution in [3.8, 4) is 5.88 Å². The molecule has 71 valence electrons.